The van der Waals surface area contributed by atoms with Crippen LogP contribution in [0.5, 0.6) is 0 Å². The Morgan fingerprint density at radius 1 is 0.969 bits per heavy atom. The van der Waals surface area contributed by atoms with E-state index in [-0.39, 0.29) is 23.5 Å². The fourth-order valence-electron chi connectivity index (χ4n) is 4.02. The number of aromatic nitrogens is 4. The third-order valence-corrected chi connectivity index (χ3v) is 5.42. The summed E-state index contributed by atoms with van der Waals surface area (Å²) in [6.07, 6.45) is 0. The molecule has 0 aliphatic rings. The van der Waals surface area contributed by atoms with Gasteiger partial charge >= 0.3 is 5.69 Å². The Morgan fingerprint density at radius 3 is 2.25 bits per heavy atom. The molecule has 2 aromatic heterocycles. The minimum Gasteiger partial charge on any atom is -0.310 e. The van der Waals surface area contributed by atoms with E-state index in [1.54, 1.807) is 16.2 Å². The summed E-state index contributed by atoms with van der Waals surface area (Å²) in [5, 5.41) is 7.32. The maximum atomic E-state index is 12.8. The highest BCUT2D eigenvalue weighted by Crippen LogP contribution is 2.39. The number of aryl methyl sites for hydroxylation is 1. The van der Waals surface area contributed by atoms with E-state index in [2.05, 4.69) is 10.4 Å². The second-order valence-corrected chi connectivity index (χ2v) is 8.06. The molecular formula is C24H25N5O3. The predicted octanol–water partition coefficient (Wildman–Crippen LogP) is 4.07. The van der Waals surface area contributed by atoms with Crippen LogP contribution in [-0.4, -0.2) is 30.7 Å². The zero-order valence-corrected chi connectivity index (χ0v) is 18.7. The number of anilines is 1. The number of hydrogen-bond acceptors (Lipinski definition) is 4. The first kappa shape index (κ1) is 21.3. The number of rotatable bonds is 4. The van der Waals surface area contributed by atoms with Gasteiger partial charge in [-0.05, 0) is 31.5 Å². The number of nitrogens with one attached hydrogen (secondary N) is 1. The first-order valence-corrected chi connectivity index (χ1v) is 10.4. The van der Waals surface area contributed by atoms with E-state index >= 15 is 0 Å². The molecule has 0 bridgehead atoms. The Balaban J connectivity index is 2.07. The van der Waals surface area contributed by atoms with Crippen LogP contribution in [-0.2, 0) is 11.8 Å². The van der Waals surface area contributed by atoms with Gasteiger partial charge in [0, 0.05) is 32.5 Å². The summed E-state index contributed by atoms with van der Waals surface area (Å²) < 4.78 is 4.56. The molecule has 1 N–H and O–H groups in total. The van der Waals surface area contributed by atoms with Gasteiger partial charge in [0.05, 0.1) is 16.6 Å². The zero-order chi connectivity index (χ0) is 23.2. The van der Waals surface area contributed by atoms with Crippen LogP contribution in [0.1, 0.15) is 38.5 Å². The summed E-state index contributed by atoms with van der Waals surface area (Å²) in [4.78, 5) is 37.1. The summed E-state index contributed by atoms with van der Waals surface area (Å²) in [6, 6.07) is 15.2. The molecule has 1 amide bonds. The lowest BCUT2D eigenvalue weighted by molar-refractivity contribution is -0.114. The second kappa shape index (κ2) is 7.96. The molecule has 0 saturated heterocycles. The molecule has 32 heavy (non-hydrogen) atoms. The standard InChI is InChI=1S/C24H25N5O3/c1-14(2)28-19-12-11-18(13-20(19)27(5)24(28)32)21-22(17-9-7-6-8-10-17)26-29(16(4)31)23(21)25-15(3)30/h6-14H,1-5H3,(H,25,30). The van der Waals surface area contributed by atoms with Gasteiger partial charge in [0.1, 0.15) is 11.5 Å². The molecule has 0 spiro atoms. The molecular weight excluding hydrogens is 406 g/mol. The number of amides is 1. The molecule has 0 atom stereocenters. The topological polar surface area (TPSA) is 90.9 Å². The number of benzene rings is 2. The van der Waals surface area contributed by atoms with E-state index in [0.717, 1.165) is 22.2 Å². The molecule has 0 aliphatic carbocycles. The number of imidazole rings is 1. The molecule has 164 valence electrons. The minimum atomic E-state index is -0.323. The highest BCUT2D eigenvalue weighted by molar-refractivity contribution is 6.01. The molecule has 0 radical (unpaired) electrons. The first-order chi connectivity index (χ1) is 15.2. The van der Waals surface area contributed by atoms with Gasteiger partial charge in [0.2, 0.25) is 11.8 Å². The van der Waals surface area contributed by atoms with Crippen LogP contribution in [0.4, 0.5) is 5.82 Å². The quantitative estimate of drug-likeness (QED) is 0.527. The largest absolute Gasteiger partial charge is 0.329 e. The van der Waals surface area contributed by atoms with Gasteiger partial charge in [0.25, 0.3) is 0 Å². The Morgan fingerprint density at radius 2 is 1.66 bits per heavy atom. The van der Waals surface area contributed by atoms with Crippen LogP contribution in [0.2, 0.25) is 0 Å². The van der Waals surface area contributed by atoms with Crippen LogP contribution in [0.3, 0.4) is 0 Å². The zero-order valence-electron chi connectivity index (χ0n) is 18.7. The summed E-state index contributed by atoms with van der Waals surface area (Å²) in [5.41, 5.74) is 4.21. The third-order valence-electron chi connectivity index (χ3n) is 5.42. The summed E-state index contributed by atoms with van der Waals surface area (Å²) in [6.45, 7) is 6.72. The lowest BCUT2D eigenvalue weighted by Crippen LogP contribution is -2.23. The Kier molecular flexibility index (Phi) is 5.30. The van der Waals surface area contributed by atoms with E-state index in [0.29, 0.717) is 17.1 Å². The molecule has 4 rings (SSSR count). The number of hydrogen-bond donors (Lipinski definition) is 1. The van der Waals surface area contributed by atoms with Gasteiger partial charge in [-0.1, -0.05) is 36.4 Å². The fraction of sp³-hybridized carbons (Fsp3) is 0.250. The lowest BCUT2D eigenvalue weighted by Gasteiger charge is -2.10. The lowest BCUT2D eigenvalue weighted by atomic mass is 10.00. The molecule has 0 aliphatic heterocycles. The van der Waals surface area contributed by atoms with Crippen molar-refractivity contribution < 1.29 is 9.59 Å². The van der Waals surface area contributed by atoms with Crippen LogP contribution >= 0.6 is 0 Å². The van der Waals surface area contributed by atoms with Gasteiger partial charge in [-0.2, -0.15) is 9.78 Å². The van der Waals surface area contributed by atoms with Crippen molar-refractivity contribution in [3.8, 4) is 22.4 Å². The van der Waals surface area contributed by atoms with Crippen molar-refractivity contribution >= 4 is 28.7 Å². The van der Waals surface area contributed by atoms with Gasteiger partial charge in [-0.25, -0.2) is 4.79 Å². The Hall–Kier alpha value is -3.94. The van der Waals surface area contributed by atoms with Crippen LogP contribution in [0.15, 0.2) is 53.3 Å². The fourth-order valence-corrected chi connectivity index (χ4v) is 4.02. The van der Waals surface area contributed by atoms with Crippen molar-refractivity contribution in [1.82, 2.24) is 18.9 Å². The van der Waals surface area contributed by atoms with Crippen molar-refractivity contribution in [3.05, 3.63) is 59.0 Å². The van der Waals surface area contributed by atoms with Crippen LogP contribution < -0.4 is 11.0 Å². The van der Waals surface area contributed by atoms with Crippen LogP contribution in [0.25, 0.3) is 33.4 Å². The molecule has 8 nitrogen and oxygen atoms in total. The summed E-state index contributed by atoms with van der Waals surface area (Å²) >= 11 is 0. The number of nitrogens with zero attached hydrogens (tertiary/aromatic N) is 4. The highest BCUT2D eigenvalue weighted by atomic mass is 16.2. The number of carbonyl (C=O) groups excluding carboxylic acids is 2. The van der Waals surface area contributed by atoms with E-state index in [1.807, 2.05) is 62.4 Å². The first-order valence-electron chi connectivity index (χ1n) is 10.4. The van der Waals surface area contributed by atoms with Crippen LogP contribution in [0, 0.1) is 0 Å². The monoisotopic (exact) mass is 431 g/mol. The number of fused-ring (bicyclic) bond motifs is 1. The molecule has 8 heteroatoms. The average molecular weight is 431 g/mol. The molecule has 0 unspecified atom stereocenters. The summed E-state index contributed by atoms with van der Waals surface area (Å²) in [7, 11) is 1.74. The van der Waals surface area contributed by atoms with Crippen molar-refractivity contribution in [2.75, 3.05) is 5.32 Å². The molecule has 4 aromatic rings. The maximum Gasteiger partial charge on any atom is 0.329 e. The van der Waals surface area contributed by atoms with Crippen molar-refractivity contribution in [2.24, 2.45) is 7.05 Å². The van der Waals surface area contributed by atoms with Gasteiger partial charge in [-0.3, -0.25) is 18.7 Å². The van der Waals surface area contributed by atoms with Crippen molar-refractivity contribution in [3.63, 3.8) is 0 Å². The molecule has 0 fully saturated rings. The van der Waals surface area contributed by atoms with E-state index in [9.17, 15) is 14.4 Å². The second-order valence-electron chi connectivity index (χ2n) is 8.06. The van der Waals surface area contributed by atoms with Gasteiger partial charge in [-0.15, -0.1) is 0 Å². The predicted molar refractivity (Wildman–Crippen MR) is 125 cm³/mol. The van der Waals surface area contributed by atoms with Crippen molar-refractivity contribution in [2.45, 2.75) is 33.7 Å². The molecule has 0 saturated carbocycles. The van der Waals surface area contributed by atoms with Gasteiger partial charge < -0.3 is 5.32 Å². The molecule has 2 aromatic carbocycles. The average Bonchev–Trinajstić information content (AvgIpc) is 3.24. The summed E-state index contributed by atoms with van der Waals surface area (Å²) in [5.74, 6) is -0.333. The normalized spacial score (nSPS) is 11.3. The maximum absolute atomic E-state index is 12.8. The minimum absolute atomic E-state index is 0.00679. The number of carbonyl (C=O) groups is 2. The third kappa shape index (κ3) is 3.43. The van der Waals surface area contributed by atoms with Gasteiger partial charge in [0.15, 0.2) is 0 Å². The van der Waals surface area contributed by atoms with Crippen molar-refractivity contribution in [1.29, 1.82) is 0 Å². The van der Waals surface area contributed by atoms with E-state index in [1.165, 1.54) is 18.5 Å². The smallest absolute Gasteiger partial charge is 0.310 e. The SMILES string of the molecule is CC(=O)Nc1c(-c2ccc3c(c2)n(C)c(=O)n3C(C)C)c(-c2ccccc2)nn1C(C)=O. The van der Waals surface area contributed by atoms with E-state index in [4.69, 9.17) is 0 Å². The Labute approximate surface area is 185 Å². The molecule has 2 heterocycles. The van der Waals surface area contributed by atoms with E-state index < -0.39 is 0 Å². The highest BCUT2D eigenvalue weighted by Gasteiger charge is 2.24. The Bertz CT molecular complexity index is 1410.